The summed E-state index contributed by atoms with van der Waals surface area (Å²) in [4.78, 5) is 37.3. The van der Waals surface area contributed by atoms with Crippen molar-refractivity contribution in [3.05, 3.63) is 22.7 Å². The maximum absolute atomic E-state index is 12.2. The second-order valence-corrected chi connectivity index (χ2v) is 13.3. The van der Waals surface area contributed by atoms with E-state index in [0.717, 1.165) is 30.3 Å². The minimum absolute atomic E-state index is 0. The predicted octanol–water partition coefficient (Wildman–Crippen LogP) is 0.549. The molecule has 0 radical (unpaired) electrons. The number of hydrogen-bond donors (Lipinski definition) is 4. The molecule has 5 N–H and O–H groups in total. The van der Waals surface area contributed by atoms with E-state index in [4.69, 9.17) is 10.5 Å². The molecule has 0 spiro atoms. The van der Waals surface area contributed by atoms with Gasteiger partial charge in [-0.15, -0.1) is 0 Å². The van der Waals surface area contributed by atoms with Crippen molar-refractivity contribution in [2.24, 2.45) is 0 Å². The summed E-state index contributed by atoms with van der Waals surface area (Å²) < 4.78 is 43.9. The van der Waals surface area contributed by atoms with Gasteiger partial charge in [-0.05, 0) is 12.5 Å². The van der Waals surface area contributed by atoms with Gasteiger partial charge in [-0.3, -0.25) is 13.7 Å². The number of ether oxygens (including phenoxy) is 1. The van der Waals surface area contributed by atoms with Gasteiger partial charge < -0.3 is 35.0 Å². The van der Waals surface area contributed by atoms with Crippen LogP contribution in [0.25, 0.3) is 0 Å². The average molecular weight is 650 g/mol. The summed E-state index contributed by atoms with van der Waals surface area (Å²) >= 11 is 0. The Kier molecular flexibility index (Phi) is 19.7. The van der Waals surface area contributed by atoms with Crippen LogP contribution in [0.5, 0.6) is 0 Å². The number of unbranched alkanes of at least 4 members (excludes halogenated alkanes) is 13. The van der Waals surface area contributed by atoms with Crippen LogP contribution < -0.4 is 45.9 Å². The van der Waals surface area contributed by atoms with Gasteiger partial charge in [0.2, 0.25) is 0 Å². The Morgan fingerprint density at radius 1 is 0.952 bits per heavy atom. The Morgan fingerprint density at radius 2 is 1.48 bits per heavy atom. The monoisotopic (exact) mass is 649 g/mol. The van der Waals surface area contributed by atoms with E-state index in [2.05, 4.69) is 25.3 Å². The third-order valence-corrected chi connectivity index (χ3v) is 9.41. The van der Waals surface area contributed by atoms with Crippen LogP contribution in [-0.2, 0) is 27.2 Å². The van der Waals surface area contributed by atoms with Gasteiger partial charge in [0, 0.05) is 6.20 Å². The van der Waals surface area contributed by atoms with E-state index in [1.54, 1.807) is 0 Å². The minimum atomic E-state index is -5.18. The summed E-state index contributed by atoms with van der Waals surface area (Å²) in [5, 5.41) is 20.4. The molecule has 14 nitrogen and oxygen atoms in total. The Bertz CT molecular complexity index is 1050. The van der Waals surface area contributed by atoms with E-state index < -0.39 is 52.5 Å². The van der Waals surface area contributed by atoms with Crippen molar-refractivity contribution in [2.45, 2.75) is 121 Å². The van der Waals surface area contributed by atoms with Crippen LogP contribution >= 0.6 is 15.6 Å². The molecule has 42 heavy (non-hydrogen) atoms. The fourth-order valence-electron chi connectivity index (χ4n) is 4.53. The first-order valence-corrected chi connectivity index (χ1v) is 17.4. The number of anilines is 1. The molecular weight excluding hydrogens is 603 g/mol. The van der Waals surface area contributed by atoms with E-state index >= 15 is 0 Å². The number of nitrogens with two attached hydrogens (primary N) is 1. The van der Waals surface area contributed by atoms with Gasteiger partial charge in [0.05, 0.1) is 13.2 Å². The van der Waals surface area contributed by atoms with E-state index in [1.165, 1.54) is 70.1 Å². The summed E-state index contributed by atoms with van der Waals surface area (Å²) in [7, 11) is -10.3. The number of aliphatic hydroxyl groups is 2. The van der Waals surface area contributed by atoms with Crippen LogP contribution in [-0.4, -0.2) is 56.2 Å². The molecule has 238 valence electrons. The van der Waals surface area contributed by atoms with Crippen LogP contribution in [0, 0.1) is 0 Å². The zero-order valence-electron chi connectivity index (χ0n) is 24.8. The number of aromatic nitrogens is 2. The van der Waals surface area contributed by atoms with Crippen molar-refractivity contribution in [3.8, 4) is 0 Å². The molecular formula is C25H46N3NaO11P2. The number of rotatable bonds is 22. The molecule has 0 aliphatic carbocycles. The molecule has 17 heteroatoms. The van der Waals surface area contributed by atoms with Crippen LogP contribution in [0.2, 0.25) is 0 Å². The number of nitrogens with zero attached hydrogens (tertiary/aromatic N) is 2. The number of nitrogen functional groups attached to an aromatic ring is 1. The zero-order valence-corrected chi connectivity index (χ0v) is 28.5. The summed E-state index contributed by atoms with van der Waals surface area (Å²) in [6.07, 6.45) is 11.0. The summed E-state index contributed by atoms with van der Waals surface area (Å²) in [6.45, 7) is 1.18. The van der Waals surface area contributed by atoms with Gasteiger partial charge in [-0.25, -0.2) is 13.7 Å². The molecule has 1 saturated heterocycles. The molecule has 0 aromatic carbocycles. The SMILES string of the molecule is CCCCCCCCCCCCCCCCOP(=O)([O-])OP(=O)(O)OCC1OC(n2ccc(N)nc2=O)C(O)C1O.[Na+]. The van der Waals surface area contributed by atoms with Crippen LogP contribution in [0.4, 0.5) is 5.82 Å². The standard InChI is InChI=1S/C25H47N3O11P2.Na/c1-2-3-4-5-6-7-8-9-10-11-12-13-14-15-18-36-40(32,33)39-41(34,35)37-19-20-22(29)23(30)24(38-20)28-17-16-21(26)27-25(28)31;/h16-17,20,22-24,29-30H,2-15,18-19H2,1H3,(H,32,33)(H,34,35)(H2,26,27,31);/q;+1/p-1. The van der Waals surface area contributed by atoms with E-state index in [0.29, 0.717) is 6.42 Å². The van der Waals surface area contributed by atoms with E-state index in [-0.39, 0.29) is 42.0 Å². The Labute approximate surface area is 269 Å². The Balaban J connectivity index is 0.00000882. The molecule has 1 fully saturated rings. The molecule has 1 aliphatic heterocycles. The Morgan fingerprint density at radius 3 is 2.00 bits per heavy atom. The van der Waals surface area contributed by atoms with Crippen LogP contribution in [0.15, 0.2) is 17.1 Å². The fraction of sp³-hybridized carbons (Fsp3) is 0.840. The largest absolute Gasteiger partial charge is 1.00 e. The van der Waals surface area contributed by atoms with Crippen molar-refractivity contribution >= 4 is 21.5 Å². The number of phosphoric acid groups is 2. The third kappa shape index (κ3) is 15.2. The van der Waals surface area contributed by atoms with Crippen molar-refractivity contribution in [3.63, 3.8) is 0 Å². The van der Waals surface area contributed by atoms with Gasteiger partial charge in [0.15, 0.2) is 6.23 Å². The quantitative estimate of drug-likeness (QED) is 0.0768. The third-order valence-electron chi connectivity index (χ3n) is 6.82. The Hall–Kier alpha value is -0.180. The molecule has 2 rings (SSSR count). The number of phosphoric ester groups is 2. The van der Waals surface area contributed by atoms with Gasteiger partial charge in [0.1, 0.15) is 24.1 Å². The first-order chi connectivity index (χ1) is 19.5. The molecule has 1 aromatic rings. The molecule has 6 atom stereocenters. The molecule has 1 aliphatic rings. The maximum Gasteiger partial charge on any atom is 1.00 e. The minimum Gasteiger partial charge on any atom is -0.756 e. The average Bonchev–Trinajstić information content (AvgIpc) is 3.17. The van der Waals surface area contributed by atoms with Crippen molar-refractivity contribution in [2.75, 3.05) is 18.9 Å². The first-order valence-electron chi connectivity index (χ1n) is 14.5. The van der Waals surface area contributed by atoms with Crippen molar-refractivity contribution < 1.29 is 76.8 Å². The molecule has 1 aromatic heterocycles. The summed E-state index contributed by atoms with van der Waals surface area (Å²) in [6, 6.07) is 1.27. The second-order valence-electron chi connectivity index (χ2n) is 10.3. The van der Waals surface area contributed by atoms with Crippen molar-refractivity contribution in [1.82, 2.24) is 9.55 Å². The fourth-order valence-corrected chi connectivity index (χ4v) is 6.61. The topological polar surface area (TPSA) is 216 Å². The van der Waals surface area contributed by atoms with Crippen LogP contribution in [0.1, 0.15) is 103 Å². The van der Waals surface area contributed by atoms with Gasteiger partial charge >= 0.3 is 43.1 Å². The van der Waals surface area contributed by atoms with Gasteiger partial charge in [-0.2, -0.15) is 4.98 Å². The molecule has 0 amide bonds. The second kappa shape index (κ2) is 20.8. The summed E-state index contributed by atoms with van der Waals surface area (Å²) in [5.74, 6) is -0.0638. The molecule has 0 bridgehead atoms. The van der Waals surface area contributed by atoms with Gasteiger partial charge in [0.25, 0.3) is 7.82 Å². The molecule has 2 heterocycles. The normalized spacial score (nSPS) is 23.3. The first kappa shape index (κ1) is 39.8. The number of aliphatic hydroxyl groups excluding tert-OH is 2. The predicted molar refractivity (Wildman–Crippen MR) is 150 cm³/mol. The maximum atomic E-state index is 12.2. The molecule has 0 saturated carbocycles. The summed E-state index contributed by atoms with van der Waals surface area (Å²) in [5.41, 5.74) is 4.57. The van der Waals surface area contributed by atoms with Crippen LogP contribution in [0.3, 0.4) is 0 Å². The van der Waals surface area contributed by atoms with E-state index in [1.807, 2.05) is 0 Å². The number of hydrogen-bond acceptors (Lipinski definition) is 12. The smallest absolute Gasteiger partial charge is 0.756 e. The van der Waals surface area contributed by atoms with Crippen molar-refractivity contribution in [1.29, 1.82) is 0 Å². The zero-order chi connectivity index (χ0) is 30.3. The van der Waals surface area contributed by atoms with Gasteiger partial charge in [-0.1, -0.05) is 90.4 Å². The van der Waals surface area contributed by atoms with E-state index in [9.17, 15) is 33.9 Å². The molecule has 6 unspecified atom stereocenters.